The third kappa shape index (κ3) is 1.49. The number of rotatable bonds is 5. The van der Waals surface area contributed by atoms with Crippen molar-refractivity contribution in [2.75, 3.05) is 20.8 Å². The topological polar surface area (TPSA) is 115 Å². The van der Waals surface area contributed by atoms with E-state index >= 15 is 0 Å². The number of nitriles is 2. The quantitative estimate of drug-likeness (QED) is 0.711. The fourth-order valence-corrected chi connectivity index (χ4v) is 4.09. The fraction of sp³-hybridized carbons (Fsp3) is 0.471. The van der Waals surface area contributed by atoms with Crippen LogP contribution in [0, 0.1) is 33.5 Å². The molecule has 3 N–H and O–H groups in total. The summed E-state index contributed by atoms with van der Waals surface area (Å²) in [5.41, 5.74) is 4.32. The molecule has 1 fully saturated rings. The number of para-hydroxylation sites is 1. The maximum atomic E-state index is 10.0. The Morgan fingerprint density at radius 1 is 1.21 bits per heavy atom. The predicted octanol–water partition coefficient (Wildman–Crippen LogP) is -0.400. The van der Waals surface area contributed by atoms with Crippen LogP contribution in [0.5, 0.6) is 5.75 Å². The first kappa shape index (κ1) is 16.3. The molecule has 0 saturated heterocycles. The first-order valence-electron chi connectivity index (χ1n) is 7.60. The Kier molecular flexibility index (Phi) is 3.52. The molecular formula is C17H19N4O3+. The van der Waals surface area contributed by atoms with E-state index in [1.807, 2.05) is 31.2 Å². The first-order valence-corrected chi connectivity index (χ1v) is 7.60. The van der Waals surface area contributed by atoms with E-state index in [9.17, 15) is 10.5 Å². The summed E-state index contributed by atoms with van der Waals surface area (Å²) in [6.45, 7) is 2.35. The number of nitrogens with one attached hydrogen (secondary N) is 1. The molecule has 2 aliphatic rings. The SMILES string of the molecule is CCOc1ccccc1C1C2(C#N)C(N)=[NH+]C(OC)(OC)C12C#N. The zero-order valence-electron chi connectivity index (χ0n) is 13.8. The molecule has 1 aliphatic heterocycles. The average Bonchev–Trinajstić information content (AvgIpc) is 3.18. The van der Waals surface area contributed by atoms with Crippen LogP contribution in [0.15, 0.2) is 24.3 Å². The van der Waals surface area contributed by atoms with Crippen LogP contribution in [0.1, 0.15) is 18.4 Å². The van der Waals surface area contributed by atoms with Gasteiger partial charge in [-0.2, -0.15) is 10.5 Å². The van der Waals surface area contributed by atoms with Gasteiger partial charge in [-0.3, -0.25) is 5.73 Å². The molecule has 7 heteroatoms. The number of benzene rings is 1. The number of ether oxygens (including phenoxy) is 3. The molecule has 0 amide bonds. The lowest BCUT2D eigenvalue weighted by Crippen LogP contribution is -2.90. The van der Waals surface area contributed by atoms with Gasteiger partial charge in [0.1, 0.15) is 5.75 Å². The van der Waals surface area contributed by atoms with Gasteiger partial charge in [0.05, 0.1) is 24.7 Å². The molecule has 0 radical (unpaired) electrons. The third-order valence-corrected chi connectivity index (χ3v) is 5.11. The van der Waals surface area contributed by atoms with Crippen LogP contribution in [-0.4, -0.2) is 32.6 Å². The molecule has 1 aromatic rings. The van der Waals surface area contributed by atoms with Crippen LogP contribution in [0.3, 0.4) is 0 Å². The van der Waals surface area contributed by atoms with Crippen molar-refractivity contribution in [2.24, 2.45) is 16.6 Å². The molecule has 3 unspecified atom stereocenters. The van der Waals surface area contributed by atoms with Crippen molar-refractivity contribution in [2.45, 2.75) is 18.8 Å². The van der Waals surface area contributed by atoms with Crippen molar-refractivity contribution in [3.05, 3.63) is 29.8 Å². The number of amidine groups is 1. The zero-order chi connectivity index (χ0) is 17.6. The summed E-state index contributed by atoms with van der Waals surface area (Å²) in [6, 6.07) is 11.8. The van der Waals surface area contributed by atoms with Gasteiger partial charge in [-0.1, -0.05) is 18.2 Å². The summed E-state index contributed by atoms with van der Waals surface area (Å²) < 4.78 is 16.7. The molecule has 0 spiro atoms. The minimum absolute atomic E-state index is 0.173. The monoisotopic (exact) mass is 327 g/mol. The van der Waals surface area contributed by atoms with E-state index in [0.717, 1.165) is 5.56 Å². The summed E-state index contributed by atoms with van der Waals surface area (Å²) in [5, 5.41) is 19.9. The van der Waals surface area contributed by atoms with Gasteiger partial charge >= 0.3 is 5.91 Å². The smallest absolute Gasteiger partial charge is 0.342 e. The molecule has 7 nitrogen and oxygen atoms in total. The normalized spacial score (nSPS) is 32.2. The summed E-state index contributed by atoms with van der Waals surface area (Å²) in [5.74, 6) is -1.22. The van der Waals surface area contributed by atoms with Gasteiger partial charge in [0, 0.05) is 19.8 Å². The van der Waals surface area contributed by atoms with Gasteiger partial charge in [-0.25, -0.2) is 4.99 Å². The van der Waals surface area contributed by atoms with Gasteiger partial charge in [0.15, 0.2) is 10.8 Å². The van der Waals surface area contributed by atoms with Crippen molar-refractivity contribution in [3.8, 4) is 17.9 Å². The van der Waals surface area contributed by atoms with E-state index in [1.54, 1.807) is 0 Å². The highest BCUT2D eigenvalue weighted by Gasteiger charge is 2.97. The maximum absolute atomic E-state index is 10.0. The second-order valence-electron chi connectivity index (χ2n) is 5.81. The van der Waals surface area contributed by atoms with E-state index in [2.05, 4.69) is 17.1 Å². The number of fused-ring (bicyclic) bond motifs is 1. The lowest BCUT2D eigenvalue weighted by Gasteiger charge is -2.27. The van der Waals surface area contributed by atoms with E-state index < -0.39 is 22.7 Å². The number of nitrogens with two attached hydrogens (primary N) is 1. The van der Waals surface area contributed by atoms with Gasteiger partial charge in [0.25, 0.3) is 5.84 Å². The van der Waals surface area contributed by atoms with Gasteiger partial charge < -0.3 is 14.2 Å². The number of hydrogen-bond donors (Lipinski definition) is 2. The molecule has 3 rings (SSSR count). The Balaban J connectivity index is 2.25. The second-order valence-corrected chi connectivity index (χ2v) is 5.81. The standard InChI is InChI=1S/C17H18N4O3/c1-4-24-12-8-6-5-7-11(12)13-15(9-18)14(20)21-17(22-2,23-3)16(13,15)10-19/h5-8,13H,4H2,1-3H3,(H2,20,21)/p+1. The highest BCUT2D eigenvalue weighted by atomic mass is 16.7. The average molecular weight is 327 g/mol. The molecular weight excluding hydrogens is 308 g/mol. The molecule has 3 atom stereocenters. The Labute approximate surface area is 140 Å². The maximum Gasteiger partial charge on any atom is 0.342 e. The van der Waals surface area contributed by atoms with Crippen molar-refractivity contribution in [1.82, 2.24) is 0 Å². The Morgan fingerprint density at radius 2 is 1.88 bits per heavy atom. The minimum atomic E-state index is -1.49. The zero-order valence-corrected chi connectivity index (χ0v) is 13.8. The van der Waals surface area contributed by atoms with Crippen LogP contribution in [0.2, 0.25) is 0 Å². The molecule has 24 heavy (non-hydrogen) atoms. The lowest BCUT2D eigenvalue weighted by molar-refractivity contribution is -0.687. The summed E-state index contributed by atoms with van der Waals surface area (Å²) in [6.07, 6.45) is 0. The van der Waals surface area contributed by atoms with Crippen LogP contribution in [0.4, 0.5) is 0 Å². The van der Waals surface area contributed by atoms with Crippen molar-refractivity contribution in [1.29, 1.82) is 10.5 Å². The van der Waals surface area contributed by atoms with E-state index in [0.29, 0.717) is 12.4 Å². The predicted molar refractivity (Wildman–Crippen MR) is 83.4 cm³/mol. The Hall–Kier alpha value is -2.61. The summed E-state index contributed by atoms with van der Waals surface area (Å²) in [7, 11) is 2.83. The highest BCUT2D eigenvalue weighted by molar-refractivity contribution is 5.95. The van der Waals surface area contributed by atoms with E-state index in [1.165, 1.54) is 14.2 Å². The van der Waals surface area contributed by atoms with Gasteiger partial charge in [-0.05, 0) is 13.0 Å². The molecule has 1 aromatic carbocycles. The van der Waals surface area contributed by atoms with Gasteiger partial charge in [-0.15, -0.1) is 0 Å². The lowest BCUT2D eigenvalue weighted by atomic mass is 9.93. The number of methoxy groups -OCH3 is 2. The molecule has 1 saturated carbocycles. The molecule has 0 aromatic heterocycles. The van der Waals surface area contributed by atoms with Crippen molar-refractivity contribution >= 4 is 5.84 Å². The van der Waals surface area contributed by atoms with Crippen LogP contribution < -0.4 is 15.5 Å². The number of hydrogen-bond acceptors (Lipinski definition) is 6. The number of nitrogens with zero attached hydrogens (tertiary/aromatic N) is 2. The Bertz CT molecular complexity index is 790. The first-order chi connectivity index (χ1) is 11.5. The highest BCUT2D eigenvalue weighted by Crippen LogP contribution is 2.79. The fourth-order valence-electron chi connectivity index (χ4n) is 4.09. The molecule has 0 bridgehead atoms. The van der Waals surface area contributed by atoms with Crippen LogP contribution >= 0.6 is 0 Å². The van der Waals surface area contributed by atoms with Crippen LogP contribution in [0.25, 0.3) is 0 Å². The minimum Gasteiger partial charge on any atom is -0.494 e. The van der Waals surface area contributed by atoms with Gasteiger partial charge in [0.2, 0.25) is 0 Å². The molecule has 124 valence electrons. The Morgan fingerprint density at radius 3 is 2.42 bits per heavy atom. The molecule has 1 heterocycles. The van der Waals surface area contributed by atoms with E-state index in [4.69, 9.17) is 19.9 Å². The van der Waals surface area contributed by atoms with Crippen molar-refractivity contribution in [3.63, 3.8) is 0 Å². The summed E-state index contributed by atoms with van der Waals surface area (Å²) >= 11 is 0. The third-order valence-electron chi connectivity index (χ3n) is 5.11. The largest absolute Gasteiger partial charge is 0.494 e. The second kappa shape index (κ2) is 5.20. The van der Waals surface area contributed by atoms with Crippen LogP contribution in [-0.2, 0) is 9.47 Å². The van der Waals surface area contributed by atoms with Crippen molar-refractivity contribution < 1.29 is 19.2 Å². The summed E-state index contributed by atoms with van der Waals surface area (Å²) in [4.78, 5) is 2.87. The van der Waals surface area contributed by atoms with E-state index in [-0.39, 0.29) is 5.84 Å². The molecule has 1 aliphatic carbocycles.